The Morgan fingerprint density at radius 3 is 1.76 bits per heavy atom. The Morgan fingerprint density at radius 1 is 0.327 bits per heavy atom. The molecule has 0 spiro atoms. The van der Waals surface area contributed by atoms with E-state index in [0.29, 0.717) is 0 Å². The van der Waals surface area contributed by atoms with Crippen LogP contribution in [-0.4, -0.2) is 9.13 Å². The van der Waals surface area contributed by atoms with E-state index in [-0.39, 0.29) is 0 Å². The molecule has 0 fully saturated rings. The third-order valence-corrected chi connectivity index (χ3v) is 12.6. The summed E-state index contributed by atoms with van der Waals surface area (Å²) in [6.07, 6.45) is 0. The minimum absolute atomic E-state index is 1.17. The molecule has 0 saturated carbocycles. The Bertz CT molecular complexity index is 3470. The zero-order valence-corrected chi connectivity index (χ0v) is 30.6. The summed E-state index contributed by atoms with van der Waals surface area (Å²) in [5.41, 5.74) is 12.1. The van der Waals surface area contributed by atoms with Gasteiger partial charge < -0.3 is 9.13 Å². The molecule has 0 radical (unpaired) electrons. The Morgan fingerprint density at radius 2 is 0.945 bits per heavy atom. The molecule has 0 aliphatic carbocycles. The molecule has 3 heteroatoms. The lowest BCUT2D eigenvalue weighted by atomic mass is 9.94. The van der Waals surface area contributed by atoms with Crippen molar-refractivity contribution in [3.05, 3.63) is 194 Å². The number of hydrogen-bond donors (Lipinski definition) is 0. The fourth-order valence-electron chi connectivity index (χ4n) is 9.04. The van der Waals surface area contributed by atoms with Crippen LogP contribution in [0.1, 0.15) is 0 Å². The molecule has 0 atom stereocenters. The summed E-state index contributed by atoms with van der Waals surface area (Å²) >= 11 is 1.87. The van der Waals surface area contributed by atoms with Crippen molar-refractivity contribution in [1.82, 2.24) is 9.13 Å². The number of rotatable bonds is 4. The Hall–Kier alpha value is -6.94. The third kappa shape index (κ3) is 4.54. The summed E-state index contributed by atoms with van der Waals surface area (Å²) in [5, 5.41) is 10.1. The van der Waals surface area contributed by atoms with Crippen LogP contribution in [0.3, 0.4) is 0 Å². The van der Waals surface area contributed by atoms with E-state index in [9.17, 15) is 0 Å². The third-order valence-electron chi connectivity index (χ3n) is 11.5. The Balaban J connectivity index is 1.17. The fourth-order valence-corrected chi connectivity index (χ4v) is 10.1. The van der Waals surface area contributed by atoms with Crippen molar-refractivity contribution in [3.8, 4) is 33.6 Å². The molecule has 3 heterocycles. The molecular formula is C52H32N2S. The molecule has 55 heavy (non-hydrogen) atoms. The highest BCUT2D eigenvalue weighted by Gasteiger charge is 2.21. The maximum atomic E-state index is 2.52. The molecule has 0 saturated heterocycles. The van der Waals surface area contributed by atoms with E-state index in [1.54, 1.807) is 0 Å². The van der Waals surface area contributed by atoms with Crippen molar-refractivity contribution < 1.29 is 0 Å². The normalized spacial score (nSPS) is 12.0. The van der Waals surface area contributed by atoms with Crippen LogP contribution in [0.25, 0.3) is 108 Å². The van der Waals surface area contributed by atoms with Gasteiger partial charge in [-0.15, -0.1) is 11.3 Å². The van der Waals surface area contributed by atoms with Gasteiger partial charge in [0.25, 0.3) is 0 Å². The first-order valence-electron chi connectivity index (χ1n) is 18.8. The van der Waals surface area contributed by atoms with Crippen molar-refractivity contribution in [1.29, 1.82) is 0 Å². The van der Waals surface area contributed by atoms with E-state index in [2.05, 4.69) is 203 Å². The van der Waals surface area contributed by atoms with E-state index in [1.165, 1.54) is 108 Å². The van der Waals surface area contributed by atoms with Gasteiger partial charge in [-0.05, 0) is 100 Å². The summed E-state index contributed by atoms with van der Waals surface area (Å²) in [6.45, 7) is 0. The molecule has 0 aliphatic rings. The standard InChI is InChI=1S/C52H32N2S/c1-3-13-33(14-4-1)42-31-36-15-7-8-18-39(36)52-51(42)45-30-35(24-27-48(45)54(52)38-25-28-50-44(32-38)41-20-10-12-22-49(41)55-50)34-23-26-47-43(29-34)40-19-9-11-21-46(40)53(47)37-16-5-2-6-17-37/h1-32H. The monoisotopic (exact) mass is 716 g/mol. The fraction of sp³-hybridized carbons (Fsp3) is 0. The number of fused-ring (bicyclic) bond motifs is 11. The maximum Gasteiger partial charge on any atom is 0.0625 e. The first kappa shape index (κ1) is 30.5. The molecule has 0 unspecified atom stereocenters. The highest BCUT2D eigenvalue weighted by Crippen LogP contribution is 2.45. The van der Waals surface area contributed by atoms with E-state index in [0.717, 1.165) is 0 Å². The summed E-state index contributed by atoms with van der Waals surface area (Å²) in [6, 6.07) is 71.5. The van der Waals surface area contributed by atoms with E-state index in [1.807, 2.05) is 11.3 Å². The van der Waals surface area contributed by atoms with Crippen LogP contribution in [0.4, 0.5) is 0 Å². The van der Waals surface area contributed by atoms with Crippen LogP contribution in [0.15, 0.2) is 194 Å². The zero-order chi connectivity index (χ0) is 36.0. The quantitative estimate of drug-likeness (QED) is 0.172. The molecule has 2 nitrogen and oxygen atoms in total. The highest BCUT2D eigenvalue weighted by molar-refractivity contribution is 7.25. The topological polar surface area (TPSA) is 9.86 Å². The number of para-hydroxylation sites is 2. The number of aromatic nitrogens is 2. The van der Waals surface area contributed by atoms with Crippen LogP contribution >= 0.6 is 11.3 Å². The van der Waals surface area contributed by atoms with Crippen molar-refractivity contribution in [2.75, 3.05) is 0 Å². The van der Waals surface area contributed by atoms with Gasteiger partial charge in [-0.1, -0.05) is 121 Å². The van der Waals surface area contributed by atoms with Crippen LogP contribution < -0.4 is 0 Å². The van der Waals surface area contributed by atoms with Crippen LogP contribution in [-0.2, 0) is 0 Å². The molecule has 3 aromatic heterocycles. The molecule has 12 aromatic rings. The molecule has 9 aromatic carbocycles. The van der Waals surface area contributed by atoms with Gasteiger partial charge in [0.1, 0.15) is 0 Å². The van der Waals surface area contributed by atoms with E-state index >= 15 is 0 Å². The number of benzene rings is 9. The van der Waals surface area contributed by atoms with Crippen molar-refractivity contribution in [3.63, 3.8) is 0 Å². The van der Waals surface area contributed by atoms with E-state index < -0.39 is 0 Å². The van der Waals surface area contributed by atoms with Gasteiger partial charge in [0.15, 0.2) is 0 Å². The van der Waals surface area contributed by atoms with Crippen LogP contribution in [0.2, 0.25) is 0 Å². The average molecular weight is 717 g/mol. The summed E-state index contributed by atoms with van der Waals surface area (Å²) < 4.78 is 7.54. The van der Waals surface area contributed by atoms with Crippen LogP contribution in [0, 0.1) is 0 Å². The Kier molecular flexibility index (Phi) is 6.54. The summed E-state index contributed by atoms with van der Waals surface area (Å²) in [7, 11) is 0. The largest absolute Gasteiger partial charge is 0.309 e. The van der Waals surface area contributed by atoms with Gasteiger partial charge in [-0.2, -0.15) is 0 Å². The predicted octanol–water partition coefficient (Wildman–Crippen LogP) is 14.7. The zero-order valence-electron chi connectivity index (χ0n) is 29.8. The molecule has 0 bridgehead atoms. The minimum Gasteiger partial charge on any atom is -0.309 e. The van der Waals surface area contributed by atoms with Crippen molar-refractivity contribution in [2.45, 2.75) is 0 Å². The first-order chi connectivity index (χ1) is 27.3. The molecule has 0 N–H and O–H groups in total. The summed E-state index contributed by atoms with van der Waals surface area (Å²) in [4.78, 5) is 0. The SMILES string of the molecule is c1ccc(-c2cc3ccccc3c3c2c2cc(-c4ccc5c(c4)c4ccccc4n5-c4ccccc4)ccc2n3-c2ccc3sc4ccccc4c3c2)cc1. The smallest absolute Gasteiger partial charge is 0.0625 e. The maximum absolute atomic E-state index is 2.52. The second-order valence-electron chi connectivity index (χ2n) is 14.5. The van der Waals surface area contributed by atoms with Gasteiger partial charge in [0.05, 0.1) is 22.1 Å². The average Bonchev–Trinajstić information content (AvgIpc) is 3.91. The van der Waals surface area contributed by atoms with Gasteiger partial charge in [0.2, 0.25) is 0 Å². The molecule has 0 amide bonds. The second-order valence-corrected chi connectivity index (χ2v) is 15.6. The van der Waals surface area contributed by atoms with Crippen molar-refractivity contribution >= 4 is 85.9 Å². The molecule has 256 valence electrons. The number of nitrogens with zero attached hydrogens (tertiary/aromatic N) is 2. The van der Waals surface area contributed by atoms with Crippen LogP contribution in [0.5, 0.6) is 0 Å². The Labute approximate surface area is 321 Å². The lowest BCUT2D eigenvalue weighted by Gasteiger charge is -2.13. The molecular weight excluding hydrogens is 685 g/mol. The molecule has 12 rings (SSSR count). The molecule has 0 aliphatic heterocycles. The van der Waals surface area contributed by atoms with Gasteiger partial charge in [0, 0.05) is 58.5 Å². The first-order valence-corrected chi connectivity index (χ1v) is 19.7. The minimum atomic E-state index is 1.17. The lowest BCUT2D eigenvalue weighted by molar-refractivity contribution is 1.18. The number of thiophene rings is 1. The lowest BCUT2D eigenvalue weighted by Crippen LogP contribution is -1.95. The predicted molar refractivity (Wildman–Crippen MR) is 236 cm³/mol. The van der Waals surface area contributed by atoms with E-state index in [4.69, 9.17) is 0 Å². The highest BCUT2D eigenvalue weighted by atomic mass is 32.1. The van der Waals surface area contributed by atoms with Gasteiger partial charge >= 0.3 is 0 Å². The van der Waals surface area contributed by atoms with Gasteiger partial charge in [-0.3, -0.25) is 0 Å². The summed E-state index contributed by atoms with van der Waals surface area (Å²) in [5.74, 6) is 0. The number of hydrogen-bond acceptors (Lipinski definition) is 1. The van der Waals surface area contributed by atoms with Gasteiger partial charge in [-0.25, -0.2) is 0 Å². The second kappa shape index (κ2) is 11.8. The van der Waals surface area contributed by atoms with Crippen molar-refractivity contribution in [2.24, 2.45) is 0 Å².